The zero-order valence-corrected chi connectivity index (χ0v) is 13.9. The van der Waals surface area contributed by atoms with Gasteiger partial charge in [0.2, 0.25) is 0 Å². The van der Waals surface area contributed by atoms with Gasteiger partial charge in [-0.3, -0.25) is 0 Å². The van der Waals surface area contributed by atoms with E-state index >= 15 is 0 Å². The van der Waals surface area contributed by atoms with E-state index in [1.165, 1.54) is 43.6 Å². The predicted octanol–water partition coefficient (Wildman–Crippen LogP) is 4.57. The van der Waals surface area contributed by atoms with Gasteiger partial charge in [-0.2, -0.15) is 11.8 Å². The summed E-state index contributed by atoms with van der Waals surface area (Å²) in [7, 11) is 2.15. The van der Waals surface area contributed by atoms with Crippen LogP contribution in [0.4, 0.5) is 0 Å². The first kappa shape index (κ1) is 16.4. The zero-order chi connectivity index (χ0) is 13.6. The van der Waals surface area contributed by atoms with E-state index in [2.05, 4.69) is 51.8 Å². The Kier molecular flexibility index (Phi) is 7.08. The molecular formula is C16H33NS. The van der Waals surface area contributed by atoms with Crippen molar-refractivity contribution in [2.45, 2.75) is 65.8 Å². The maximum Gasteiger partial charge on any atom is 0.00999 e. The van der Waals surface area contributed by atoms with Crippen LogP contribution in [0.3, 0.4) is 0 Å². The van der Waals surface area contributed by atoms with Gasteiger partial charge in [0, 0.05) is 6.04 Å². The molecule has 0 aromatic rings. The van der Waals surface area contributed by atoms with Crippen LogP contribution in [0.15, 0.2) is 0 Å². The first-order chi connectivity index (χ1) is 8.51. The van der Waals surface area contributed by atoms with Crippen LogP contribution in [0.2, 0.25) is 0 Å². The number of thioether (sulfide) groups is 1. The smallest absolute Gasteiger partial charge is 0.00999 e. The van der Waals surface area contributed by atoms with E-state index in [0.29, 0.717) is 5.41 Å². The van der Waals surface area contributed by atoms with Gasteiger partial charge in [0.15, 0.2) is 0 Å². The van der Waals surface area contributed by atoms with E-state index in [1.807, 2.05) is 0 Å². The van der Waals surface area contributed by atoms with Crippen LogP contribution in [0.25, 0.3) is 0 Å². The molecule has 0 saturated heterocycles. The molecule has 0 heterocycles. The largest absolute Gasteiger partial charge is 0.317 e. The fraction of sp³-hybridized carbons (Fsp3) is 1.00. The Morgan fingerprint density at radius 3 is 2.61 bits per heavy atom. The fourth-order valence-corrected chi connectivity index (χ4v) is 4.23. The summed E-state index contributed by atoms with van der Waals surface area (Å²) < 4.78 is 0. The maximum absolute atomic E-state index is 3.59. The summed E-state index contributed by atoms with van der Waals surface area (Å²) in [5, 5.41) is 3.59. The topological polar surface area (TPSA) is 12.0 Å². The van der Waals surface area contributed by atoms with Crippen molar-refractivity contribution in [3.05, 3.63) is 0 Å². The highest BCUT2D eigenvalue weighted by molar-refractivity contribution is 7.99. The first-order valence-corrected chi connectivity index (χ1v) is 8.91. The number of rotatable bonds is 7. The minimum absolute atomic E-state index is 0.502. The van der Waals surface area contributed by atoms with Gasteiger partial charge in [-0.05, 0) is 61.5 Å². The van der Waals surface area contributed by atoms with E-state index in [0.717, 1.165) is 17.9 Å². The van der Waals surface area contributed by atoms with Crippen molar-refractivity contribution >= 4 is 11.8 Å². The van der Waals surface area contributed by atoms with E-state index in [1.54, 1.807) is 0 Å². The molecule has 1 aliphatic rings. The molecule has 1 aliphatic carbocycles. The van der Waals surface area contributed by atoms with Crippen molar-refractivity contribution in [1.82, 2.24) is 5.32 Å². The summed E-state index contributed by atoms with van der Waals surface area (Å²) in [6.07, 6.45) is 6.98. The van der Waals surface area contributed by atoms with E-state index in [4.69, 9.17) is 0 Å². The van der Waals surface area contributed by atoms with Gasteiger partial charge < -0.3 is 5.32 Å². The van der Waals surface area contributed by atoms with Gasteiger partial charge in [0.1, 0.15) is 0 Å². The molecule has 18 heavy (non-hydrogen) atoms. The molecule has 108 valence electrons. The Labute approximate surface area is 119 Å². The lowest BCUT2D eigenvalue weighted by Gasteiger charge is -2.44. The minimum atomic E-state index is 0.502. The lowest BCUT2D eigenvalue weighted by atomic mass is 9.65. The Morgan fingerprint density at radius 1 is 1.28 bits per heavy atom. The zero-order valence-electron chi connectivity index (χ0n) is 13.1. The summed E-state index contributed by atoms with van der Waals surface area (Å²) in [6.45, 7) is 9.66. The lowest BCUT2D eigenvalue weighted by molar-refractivity contribution is 0.0900. The number of hydrogen-bond donors (Lipinski definition) is 1. The average molecular weight is 272 g/mol. The molecule has 0 aliphatic heterocycles. The van der Waals surface area contributed by atoms with Crippen LogP contribution in [-0.4, -0.2) is 24.6 Å². The molecule has 1 nitrogen and oxygen atoms in total. The summed E-state index contributed by atoms with van der Waals surface area (Å²) in [5.41, 5.74) is 0.502. The third-order valence-electron chi connectivity index (χ3n) is 4.80. The number of hydrogen-bond acceptors (Lipinski definition) is 2. The summed E-state index contributed by atoms with van der Waals surface area (Å²) in [6, 6.07) is 0.738. The third kappa shape index (κ3) is 4.77. The van der Waals surface area contributed by atoms with Gasteiger partial charge in [0.25, 0.3) is 0 Å². The molecule has 1 N–H and O–H groups in total. The molecule has 3 unspecified atom stereocenters. The molecule has 0 radical (unpaired) electrons. The Hall–Kier alpha value is 0.310. The Morgan fingerprint density at radius 2 is 2.00 bits per heavy atom. The van der Waals surface area contributed by atoms with Crippen molar-refractivity contribution in [2.75, 3.05) is 18.6 Å². The van der Waals surface area contributed by atoms with E-state index < -0.39 is 0 Å². The highest BCUT2D eigenvalue weighted by atomic mass is 32.2. The molecule has 1 fully saturated rings. The second kappa shape index (κ2) is 7.79. The fourth-order valence-electron chi connectivity index (χ4n) is 3.59. The van der Waals surface area contributed by atoms with Crippen molar-refractivity contribution < 1.29 is 0 Å². The van der Waals surface area contributed by atoms with Gasteiger partial charge in [0.05, 0.1) is 0 Å². The molecule has 1 saturated carbocycles. The monoisotopic (exact) mass is 271 g/mol. The highest BCUT2D eigenvalue weighted by Gasteiger charge is 2.37. The van der Waals surface area contributed by atoms with Crippen LogP contribution in [0.1, 0.15) is 59.8 Å². The van der Waals surface area contributed by atoms with Crippen molar-refractivity contribution in [3.8, 4) is 0 Å². The summed E-state index contributed by atoms with van der Waals surface area (Å²) in [5.74, 6) is 4.38. The molecule has 2 heteroatoms. The second-order valence-electron chi connectivity index (χ2n) is 6.71. The van der Waals surface area contributed by atoms with Gasteiger partial charge >= 0.3 is 0 Å². The quantitative estimate of drug-likeness (QED) is 0.681. The average Bonchev–Trinajstić information content (AvgIpc) is 2.34. The molecular weight excluding hydrogens is 238 g/mol. The molecule has 0 amide bonds. The minimum Gasteiger partial charge on any atom is -0.317 e. The molecule has 0 aromatic heterocycles. The summed E-state index contributed by atoms with van der Waals surface area (Å²) >= 11 is 2.09. The molecule has 1 rings (SSSR count). The van der Waals surface area contributed by atoms with E-state index in [9.17, 15) is 0 Å². The number of nitrogens with one attached hydrogen (secondary N) is 1. The predicted molar refractivity (Wildman–Crippen MR) is 85.4 cm³/mol. The Bertz CT molecular complexity index is 227. The van der Waals surface area contributed by atoms with E-state index in [-0.39, 0.29) is 0 Å². The first-order valence-electron chi connectivity index (χ1n) is 7.76. The second-order valence-corrected chi connectivity index (χ2v) is 8.10. The van der Waals surface area contributed by atoms with Crippen LogP contribution < -0.4 is 5.32 Å². The SMILES string of the molecule is CCSCCCC(C)(C)C1CCC(C)CC1NC. The standard InChI is InChI=1S/C16H33NS/c1-6-18-11-7-10-16(3,4)14-9-8-13(2)12-15(14)17-5/h13-15,17H,6-12H2,1-5H3. The summed E-state index contributed by atoms with van der Waals surface area (Å²) in [4.78, 5) is 0. The molecule has 3 atom stereocenters. The van der Waals surface area contributed by atoms with Crippen molar-refractivity contribution in [1.29, 1.82) is 0 Å². The lowest BCUT2D eigenvalue weighted by Crippen LogP contribution is -2.45. The molecule has 0 bridgehead atoms. The van der Waals surface area contributed by atoms with Crippen LogP contribution in [-0.2, 0) is 0 Å². The van der Waals surface area contributed by atoms with Gasteiger partial charge in [-0.25, -0.2) is 0 Å². The van der Waals surface area contributed by atoms with Crippen LogP contribution >= 0.6 is 11.8 Å². The van der Waals surface area contributed by atoms with Crippen LogP contribution in [0, 0.1) is 17.3 Å². The Balaban J connectivity index is 2.48. The normalized spacial score (nSPS) is 29.5. The third-order valence-corrected chi connectivity index (χ3v) is 5.79. The maximum atomic E-state index is 3.59. The van der Waals surface area contributed by atoms with Crippen LogP contribution in [0.5, 0.6) is 0 Å². The van der Waals surface area contributed by atoms with Crippen molar-refractivity contribution in [3.63, 3.8) is 0 Å². The molecule has 0 aromatic carbocycles. The molecule has 0 spiro atoms. The van der Waals surface area contributed by atoms with Crippen molar-refractivity contribution in [2.24, 2.45) is 17.3 Å². The highest BCUT2D eigenvalue weighted by Crippen LogP contribution is 2.43. The van der Waals surface area contributed by atoms with Gasteiger partial charge in [-0.15, -0.1) is 0 Å². The van der Waals surface area contributed by atoms with Gasteiger partial charge in [-0.1, -0.05) is 34.1 Å².